The van der Waals surface area contributed by atoms with Crippen LogP contribution in [0.4, 0.5) is 10.5 Å². The molecule has 2 unspecified atom stereocenters. The van der Waals surface area contributed by atoms with E-state index in [1.807, 2.05) is 18.2 Å². The third-order valence-electron chi connectivity index (χ3n) is 3.74. The van der Waals surface area contributed by atoms with Gasteiger partial charge in [0, 0.05) is 17.6 Å². The smallest absolute Gasteiger partial charge is 0.319 e. The van der Waals surface area contributed by atoms with Crippen molar-refractivity contribution < 1.29 is 9.53 Å². The van der Waals surface area contributed by atoms with E-state index in [0.29, 0.717) is 22.4 Å². The molecule has 0 aliphatic heterocycles. The van der Waals surface area contributed by atoms with Crippen LogP contribution in [0.3, 0.4) is 0 Å². The van der Waals surface area contributed by atoms with E-state index in [9.17, 15) is 4.79 Å². The minimum absolute atomic E-state index is 0.191. The van der Waals surface area contributed by atoms with Crippen molar-refractivity contribution in [3.8, 4) is 5.75 Å². The third-order valence-corrected chi connectivity index (χ3v) is 4.04. The van der Waals surface area contributed by atoms with Gasteiger partial charge in [0.25, 0.3) is 0 Å². The van der Waals surface area contributed by atoms with Crippen molar-refractivity contribution >= 4 is 23.3 Å². The van der Waals surface area contributed by atoms with Gasteiger partial charge in [-0.2, -0.15) is 0 Å². The van der Waals surface area contributed by atoms with Crippen LogP contribution in [-0.4, -0.2) is 19.2 Å². The molecule has 1 fully saturated rings. The molecule has 1 aliphatic rings. The monoisotopic (exact) mass is 316 g/mol. The van der Waals surface area contributed by atoms with Gasteiger partial charge in [0.05, 0.1) is 12.1 Å². The normalized spacial score (nSPS) is 19.4. The Bertz CT molecular complexity index is 676. The maximum atomic E-state index is 12.0. The zero-order valence-electron chi connectivity index (χ0n) is 12.2. The van der Waals surface area contributed by atoms with E-state index in [1.54, 1.807) is 25.3 Å². The van der Waals surface area contributed by atoms with Crippen molar-refractivity contribution in [1.82, 2.24) is 5.32 Å². The molecule has 5 heteroatoms. The standard InChI is InChI=1S/C17H17ClN2O2/c1-22-16-8-7-12(9-14(16)18)19-17(21)20-15-10-13(15)11-5-3-2-4-6-11/h2-9,13,15H,10H2,1H3,(H2,19,20,21). The molecule has 0 aromatic heterocycles. The van der Waals surface area contributed by atoms with Crippen LogP contribution >= 0.6 is 11.6 Å². The van der Waals surface area contributed by atoms with Gasteiger partial charge in [0.15, 0.2) is 0 Å². The molecule has 22 heavy (non-hydrogen) atoms. The Kier molecular flexibility index (Phi) is 4.20. The molecule has 2 N–H and O–H groups in total. The van der Waals surface area contributed by atoms with Gasteiger partial charge in [-0.1, -0.05) is 41.9 Å². The Hall–Kier alpha value is -2.20. The number of anilines is 1. The summed E-state index contributed by atoms with van der Waals surface area (Å²) in [5.41, 5.74) is 1.90. The highest BCUT2D eigenvalue weighted by Gasteiger charge is 2.39. The summed E-state index contributed by atoms with van der Waals surface area (Å²) in [4.78, 5) is 12.0. The highest BCUT2D eigenvalue weighted by molar-refractivity contribution is 6.32. The lowest BCUT2D eigenvalue weighted by atomic mass is 10.1. The number of benzene rings is 2. The van der Waals surface area contributed by atoms with Gasteiger partial charge in [-0.15, -0.1) is 0 Å². The molecule has 1 saturated carbocycles. The molecule has 2 amide bonds. The van der Waals surface area contributed by atoms with Gasteiger partial charge in [0.2, 0.25) is 0 Å². The van der Waals surface area contributed by atoms with Crippen LogP contribution in [0.2, 0.25) is 5.02 Å². The van der Waals surface area contributed by atoms with E-state index in [-0.39, 0.29) is 12.1 Å². The molecule has 0 spiro atoms. The number of halogens is 1. The molecule has 4 nitrogen and oxygen atoms in total. The second kappa shape index (κ2) is 6.28. The summed E-state index contributed by atoms with van der Waals surface area (Å²) in [5.74, 6) is 0.991. The SMILES string of the molecule is COc1ccc(NC(=O)NC2CC2c2ccccc2)cc1Cl. The number of urea groups is 1. The van der Waals surface area contributed by atoms with Gasteiger partial charge >= 0.3 is 6.03 Å². The predicted molar refractivity (Wildman–Crippen MR) is 87.7 cm³/mol. The van der Waals surface area contributed by atoms with Gasteiger partial charge < -0.3 is 15.4 Å². The number of rotatable bonds is 4. The minimum atomic E-state index is -0.218. The number of carbonyl (C=O) groups is 1. The fourth-order valence-electron chi connectivity index (χ4n) is 2.50. The highest BCUT2D eigenvalue weighted by atomic mass is 35.5. The summed E-state index contributed by atoms with van der Waals surface area (Å²) in [7, 11) is 1.55. The van der Waals surface area contributed by atoms with Crippen LogP contribution < -0.4 is 15.4 Å². The first-order chi connectivity index (χ1) is 10.7. The van der Waals surface area contributed by atoms with Crippen LogP contribution in [0.25, 0.3) is 0 Å². The van der Waals surface area contributed by atoms with Crippen molar-refractivity contribution in [1.29, 1.82) is 0 Å². The van der Waals surface area contributed by atoms with Crippen molar-refractivity contribution in [3.05, 3.63) is 59.1 Å². The highest BCUT2D eigenvalue weighted by Crippen LogP contribution is 2.40. The molecule has 0 bridgehead atoms. The zero-order valence-corrected chi connectivity index (χ0v) is 12.9. The topological polar surface area (TPSA) is 50.4 Å². The molecule has 0 heterocycles. The first-order valence-corrected chi connectivity index (χ1v) is 7.51. The predicted octanol–water partition coefficient (Wildman–Crippen LogP) is 4.03. The minimum Gasteiger partial charge on any atom is -0.495 e. The number of hydrogen-bond acceptors (Lipinski definition) is 2. The molecule has 2 aromatic rings. The largest absolute Gasteiger partial charge is 0.495 e. The van der Waals surface area contributed by atoms with E-state index in [2.05, 4.69) is 22.8 Å². The van der Waals surface area contributed by atoms with Gasteiger partial charge in [0.1, 0.15) is 5.75 Å². The molecule has 2 atom stereocenters. The molecular formula is C17H17ClN2O2. The fraction of sp³-hybridized carbons (Fsp3) is 0.235. The van der Waals surface area contributed by atoms with E-state index in [0.717, 1.165) is 6.42 Å². The Morgan fingerprint density at radius 1 is 1.23 bits per heavy atom. The molecule has 2 aromatic carbocycles. The maximum absolute atomic E-state index is 12.0. The average Bonchev–Trinajstić information content (AvgIpc) is 3.27. The average molecular weight is 317 g/mol. The zero-order chi connectivity index (χ0) is 15.5. The summed E-state index contributed by atoms with van der Waals surface area (Å²) >= 11 is 6.04. The Morgan fingerprint density at radius 3 is 2.68 bits per heavy atom. The summed E-state index contributed by atoms with van der Waals surface area (Å²) in [6, 6.07) is 15.3. The van der Waals surface area contributed by atoms with Crippen molar-refractivity contribution in [2.45, 2.75) is 18.4 Å². The first kappa shape index (κ1) is 14.7. The fourth-order valence-corrected chi connectivity index (χ4v) is 2.76. The Morgan fingerprint density at radius 2 is 2.00 bits per heavy atom. The van der Waals surface area contributed by atoms with Crippen LogP contribution in [0.1, 0.15) is 17.9 Å². The number of amides is 2. The van der Waals surface area contributed by atoms with E-state index >= 15 is 0 Å². The summed E-state index contributed by atoms with van der Waals surface area (Å²) in [6.45, 7) is 0. The molecule has 0 radical (unpaired) electrons. The van der Waals surface area contributed by atoms with Crippen LogP contribution in [0.5, 0.6) is 5.75 Å². The van der Waals surface area contributed by atoms with Crippen LogP contribution in [-0.2, 0) is 0 Å². The van der Waals surface area contributed by atoms with Crippen molar-refractivity contribution in [2.75, 3.05) is 12.4 Å². The number of ether oxygens (including phenoxy) is 1. The van der Waals surface area contributed by atoms with Gasteiger partial charge in [-0.3, -0.25) is 0 Å². The molecular weight excluding hydrogens is 300 g/mol. The molecule has 0 saturated heterocycles. The van der Waals surface area contributed by atoms with Crippen LogP contribution in [0, 0.1) is 0 Å². The summed E-state index contributed by atoms with van der Waals surface area (Å²) in [6.07, 6.45) is 0.973. The van der Waals surface area contributed by atoms with Crippen LogP contribution in [0.15, 0.2) is 48.5 Å². The van der Waals surface area contributed by atoms with E-state index < -0.39 is 0 Å². The number of hydrogen-bond donors (Lipinski definition) is 2. The second-order valence-corrected chi connectivity index (χ2v) is 5.71. The lowest BCUT2D eigenvalue weighted by molar-refractivity contribution is 0.251. The number of carbonyl (C=O) groups excluding carboxylic acids is 1. The van der Waals surface area contributed by atoms with E-state index in [1.165, 1.54) is 5.56 Å². The van der Waals surface area contributed by atoms with Crippen molar-refractivity contribution in [2.24, 2.45) is 0 Å². The maximum Gasteiger partial charge on any atom is 0.319 e. The second-order valence-electron chi connectivity index (χ2n) is 5.31. The van der Waals surface area contributed by atoms with E-state index in [4.69, 9.17) is 16.3 Å². The Balaban J connectivity index is 1.55. The molecule has 1 aliphatic carbocycles. The van der Waals surface area contributed by atoms with Crippen molar-refractivity contribution in [3.63, 3.8) is 0 Å². The van der Waals surface area contributed by atoms with Gasteiger partial charge in [-0.25, -0.2) is 4.79 Å². The quantitative estimate of drug-likeness (QED) is 0.895. The number of methoxy groups -OCH3 is 1. The lowest BCUT2D eigenvalue weighted by Gasteiger charge is -2.09. The summed E-state index contributed by atoms with van der Waals surface area (Å²) < 4.78 is 5.08. The van der Waals surface area contributed by atoms with Gasteiger partial charge in [-0.05, 0) is 30.2 Å². The third kappa shape index (κ3) is 3.34. The lowest BCUT2D eigenvalue weighted by Crippen LogP contribution is -2.31. The Labute approximate surface area is 134 Å². The first-order valence-electron chi connectivity index (χ1n) is 7.13. The molecule has 114 valence electrons. The summed E-state index contributed by atoms with van der Waals surface area (Å²) in [5, 5.41) is 6.23. The number of nitrogens with one attached hydrogen (secondary N) is 2. The molecule has 3 rings (SSSR count).